The summed E-state index contributed by atoms with van der Waals surface area (Å²) in [4.78, 5) is 14.4. The van der Waals surface area contributed by atoms with Gasteiger partial charge in [-0.05, 0) is 24.1 Å². The molecule has 0 fully saturated rings. The number of aromatic nitrogens is 3. The van der Waals surface area contributed by atoms with Gasteiger partial charge in [0.15, 0.2) is 5.65 Å². The summed E-state index contributed by atoms with van der Waals surface area (Å²) in [5.74, 6) is 0.336. The van der Waals surface area contributed by atoms with E-state index in [1.165, 1.54) is 12.1 Å². The van der Waals surface area contributed by atoms with Crippen molar-refractivity contribution in [1.82, 2.24) is 15.0 Å². The molecule has 180 valence electrons. The molecule has 0 amide bonds. The molecule has 0 atom stereocenters. The van der Waals surface area contributed by atoms with Crippen LogP contribution in [0.3, 0.4) is 0 Å². The summed E-state index contributed by atoms with van der Waals surface area (Å²) >= 11 is 0. The zero-order chi connectivity index (χ0) is 25.1. The van der Waals surface area contributed by atoms with Crippen molar-refractivity contribution in [2.24, 2.45) is 5.14 Å². The molecule has 0 aliphatic carbocycles. The smallest absolute Gasteiger partial charge is 0.238 e. The third-order valence-electron chi connectivity index (χ3n) is 5.74. The first kappa shape index (κ1) is 23.4. The van der Waals surface area contributed by atoms with Gasteiger partial charge in [-0.1, -0.05) is 72.8 Å². The Bertz CT molecular complexity index is 1620. The van der Waals surface area contributed by atoms with Crippen molar-refractivity contribution in [3.8, 4) is 22.5 Å². The first-order chi connectivity index (χ1) is 17.4. The van der Waals surface area contributed by atoms with E-state index in [1.54, 1.807) is 18.2 Å². The van der Waals surface area contributed by atoms with Gasteiger partial charge < -0.3 is 11.1 Å². The third-order valence-corrected chi connectivity index (χ3v) is 6.66. The maximum Gasteiger partial charge on any atom is 0.238 e. The predicted octanol–water partition coefficient (Wildman–Crippen LogP) is 4.24. The summed E-state index contributed by atoms with van der Waals surface area (Å²) < 4.78 is 23.0. The number of sulfonamides is 1. The number of nitrogen functional groups attached to an aromatic ring is 1. The van der Waals surface area contributed by atoms with E-state index in [9.17, 15) is 8.42 Å². The molecule has 5 rings (SSSR count). The van der Waals surface area contributed by atoms with E-state index in [-0.39, 0.29) is 4.90 Å². The van der Waals surface area contributed by atoms with E-state index < -0.39 is 10.0 Å². The van der Waals surface area contributed by atoms with Crippen LogP contribution < -0.4 is 16.2 Å². The van der Waals surface area contributed by atoms with Crippen LogP contribution in [0.1, 0.15) is 5.56 Å². The van der Waals surface area contributed by atoms with Crippen LogP contribution in [-0.4, -0.2) is 29.9 Å². The quantitative estimate of drug-likeness (QED) is 0.306. The third kappa shape index (κ3) is 5.02. The van der Waals surface area contributed by atoms with E-state index in [2.05, 4.69) is 10.3 Å². The Morgan fingerprint density at radius 2 is 1.33 bits per heavy atom. The molecule has 0 aliphatic rings. The molecule has 3 aromatic carbocycles. The number of benzene rings is 3. The van der Waals surface area contributed by atoms with Gasteiger partial charge in [-0.3, -0.25) is 0 Å². The number of nitrogens with two attached hydrogens (primary N) is 2. The van der Waals surface area contributed by atoms with Gasteiger partial charge in [0.1, 0.15) is 11.3 Å². The molecule has 36 heavy (non-hydrogen) atoms. The number of nitrogens with one attached hydrogen (secondary N) is 1. The zero-order valence-electron chi connectivity index (χ0n) is 19.3. The van der Waals surface area contributed by atoms with E-state index in [0.29, 0.717) is 29.9 Å². The average Bonchev–Trinajstić information content (AvgIpc) is 2.89. The lowest BCUT2D eigenvalue weighted by atomic mass is 10.0. The normalized spacial score (nSPS) is 11.5. The van der Waals surface area contributed by atoms with E-state index in [4.69, 9.17) is 20.8 Å². The molecular weight excluding hydrogens is 472 g/mol. The molecular formula is C27H24N6O2S. The standard InChI is InChI=1S/C27H24N6O2S/c28-23-17-22(30-16-15-18-11-13-21(14-12-18)36(29,34)35)26-27(31-23)33-25(20-9-5-2-6-10-20)24(32-26)19-7-3-1-4-8-19/h1-14,17H,15-16H2,(H2,29,34,35)(H3,28,30,31,33). The molecule has 0 saturated carbocycles. The zero-order valence-corrected chi connectivity index (χ0v) is 20.1. The highest BCUT2D eigenvalue weighted by Gasteiger charge is 2.16. The number of fused-ring (bicyclic) bond motifs is 1. The van der Waals surface area contributed by atoms with Gasteiger partial charge >= 0.3 is 0 Å². The molecule has 0 radical (unpaired) electrons. The Morgan fingerprint density at radius 3 is 1.92 bits per heavy atom. The fraction of sp³-hybridized carbons (Fsp3) is 0.0741. The van der Waals surface area contributed by atoms with Crippen LogP contribution in [0.25, 0.3) is 33.7 Å². The Morgan fingerprint density at radius 1 is 0.750 bits per heavy atom. The molecule has 2 aromatic heterocycles. The highest BCUT2D eigenvalue weighted by molar-refractivity contribution is 7.89. The summed E-state index contributed by atoms with van der Waals surface area (Å²) in [5.41, 5.74) is 12.2. The average molecular weight is 497 g/mol. The van der Waals surface area contributed by atoms with Crippen LogP contribution in [0.2, 0.25) is 0 Å². The second-order valence-electron chi connectivity index (χ2n) is 8.29. The maximum atomic E-state index is 11.5. The molecule has 0 bridgehead atoms. The van der Waals surface area contributed by atoms with Crippen molar-refractivity contribution >= 4 is 32.7 Å². The van der Waals surface area contributed by atoms with Crippen molar-refractivity contribution < 1.29 is 8.42 Å². The number of primary sulfonamides is 1. The fourth-order valence-corrected chi connectivity index (χ4v) is 4.49. The minimum Gasteiger partial charge on any atom is -0.384 e. The first-order valence-electron chi connectivity index (χ1n) is 11.3. The maximum absolute atomic E-state index is 11.5. The molecule has 9 heteroatoms. The lowest BCUT2D eigenvalue weighted by molar-refractivity contribution is 0.598. The van der Waals surface area contributed by atoms with Gasteiger partial charge in [-0.2, -0.15) is 0 Å². The van der Waals surface area contributed by atoms with Crippen molar-refractivity contribution in [3.05, 3.63) is 96.6 Å². The van der Waals surface area contributed by atoms with Crippen LogP contribution in [-0.2, 0) is 16.4 Å². The summed E-state index contributed by atoms with van der Waals surface area (Å²) in [7, 11) is -3.71. The number of anilines is 2. The topological polar surface area (TPSA) is 137 Å². The lowest BCUT2D eigenvalue weighted by Crippen LogP contribution is -2.12. The second kappa shape index (κ2) is 9.73. The van der Waals surface area contributed by atoms with E-state index >= 15 is 0 Å². The van der Waals surface area contributed by atoms with Crippen LogP contribution in [0.5, 0.6) is 0 Å². The van der Waals surface area contributed by atoms with Crippen LogP contribution in [0.4, 0.5) is 11.5 Å². The largest absolute Gasteiger partial charge is 0.384 e. The van der Waals surface area contributed by atoms with Crippen molar-refractivity contribution in [1.29, 1.82) is 0 Å². The van der Waals surface area contributed by atoms with Crippen molar-refractivity contribution in [3.63, 3.8) is 0 Å². The predicted molar refractivity (Wildman–Crippen MR) is 143 cm³/mol. The minimum atomic E-state index is -3.71. The lowest BCUT2D eigenvalue weighted by Gasteiger charge is -2.14. The van der Waals surface area contributed by atoms with Gasteiger partial charge in [0.2, 0.25) is 10.0 Å². The molecule has 5 aromatic rings. The van der Waals surface area contributed by atoms with E-state index in [1.807, 2.05) is 60.7 Å². The fourth-order valence-electron chi connectivity index (χ4n) is 3.97. The number of rotatable bonds is 7. The summed E-state index contributed by atoms with van der Waals surface area (Å²) in [6.07, 6.45) is 0.649. The van der Waals surface area contributed by atoms with Crippen molar-refractivity contribution in [2.45, 2.75) is 11.3 Å². The Hall–Kier alpha value is -4.34. The molecule has 2 heterocycles. The second-order valence-corrected chi connectivity index (χ2v) is 9.85. The van der Waals surface area contributed by atoms with Crippen molar-refractivity contribution in [2.75, 3.05) is 17.6 Å². The minimum absolute atomic E-state index is 0.0880. The number of pyridine rings is 1. The Kier molecular flexibility index (Phi) is 6.32. The monoisotopic (exact) mass is 496 g/mol. The van der Waals surface area contributed by atoms with Crippen LogP contribution in [0, 0.1) is 0 Å². The van der Waals surface area contributed by atoms with Gasteiger partial charge in [0, 0.05) is 23.7 Å². The molecule has 5 N–H and O–H groups in total. The van der Waals surface area contributed by atoms with Crippen LogP contribution >= 0.6 is 0 Å². The molecule has 8 nitrogen and oxygen atoms in total. The number of hydrogen-bond donors (Lipinski definition) is 3. The number of hydrogen-bond acceptors (Lipinski definition) is 7. The number of nitrogens with zero attached hydrogens (tertiary/aromatic N) is 3. The Labute approximate surface area is 209 Å². The summed E-state index contributed by atoms with van der Waals surface area (Å²) in [6.45, 7) is 0.566. The van der Waals surface area contributed by atoms with Gasteiger partial charge in [0.25, 0.3) is 0 Å². The molecule has 0 aliphatic heterocycles. The van der Waals surface area contributed by atoms with Crippen LogP contribution in [0.15, 0.2) is 95.9 Å². The van der Waals surface area contributed by atoms with Gasteiger partial charge in [-0.15, -0.1) is 0 Å². The summed E-state index contributed by atoms with van der Waals surface area (Å²) in [6, 6.07) is 28.1. The molecule has 0 spiro atoms. The van der Waals surface area contributed by atoms with Gasteiger partial charge in [0.05, 0.1) is 22.0 Å². The molecule has 0 saturated heterocycles. The summed E-state index contributed by atoms with van der Waals surface area (Å²) in [5, 5.41) is 8.58. The SMILES string of the molecule is Nc1cc(NCCc2ccc(S(N)(=O)=O)cc2)c2nc(-c3ccccc3)c(-c3ccccc3)nc2n1. The van der Waals surface area contributed by atoms with E-state index in [0.717, 1.165) is 33.8 Å². The highest BCUT2D eigenvalue weighted by atomic mass is 32.2. The van der Waals surface area contributed by atoms with Gasteiger partial charge in [-0.25, -0.2) is 28.5 Å². The highest BCUT2D eigenvalue weighted by Crippen LogP contribution is 2.33. The first-order valence-corrected chi connectivity index (χ1v) is 12.9. The molecule has 0 unspecified atom stereocenters. The Balaban J connectivity index is 1.50.